The van der Waals surface area contributed by atoms with Gasteiger partial charge in [-0.05, 0) is 38.4 Å². The van der Waals surface area contributed by atoms with Crippen LogP contribution < -0.4 is 15.1 Å². The number of rotatable bonds is 6. The number of likely N-dealkylation sites (N-methyl/N-ethyl adjacent to an activating group) is 1. The summed E-state index contributed by atoms with van der Waals surface area (Å²) < 4.78 is 13.0. The Bertz CT molecular complexity index is 669. The SMILES string of the molecule is CN(C)CCNc1cnnc(N2CCN(c3ccc(F)cc3)CC2)n1. The van der Waals surface area contributed by atoms with Crippen molar-refractivity contribution in [1.82, 2.24) is 20.1 Å². The van der Waals surface area contributed by atoms with Crippen molar-refractivity contribution in [3.8, 4) is 0 Å². The fourth-order valence-electron chi connectivity index (χ4n) is 2.74. The van der Waals surface area contributed by atoms with E-state index in [0.29, 0.717) is 5.95 Å². The second kappa shape index (κ2) is 8.06. The third kappa shape index (κ3) is 4.76. The van der Waals surface area contributed by atoms with Crippen LogP contribution in [-0.4, -0.2) is 73.4 Å². The van der Waals surface area contributed by atoms with E-state index < -0.39 is 0 Å². The lowest BCUT2D eigenvalue weighted by atomic mass is 10.2. The van der Waals surface area contributed by atoms with Crippen LogP contribution >= 0.6 is 0 Å². The highest BCUT2D eigenvalue weighted by Crippen LogP contribution is 2.19. The summed E-state index contributed by atoms with van der Waals surface area (Å²) in [5.41, 5.74) is 1.04. The van der Waals surface area contributed by atoms with Gasteiger partial charge in [0, 0.05) is 45.0 Å². The maximum absolute atomic E-state index is 13.0. The Morgan fingerprint density at radius 2 is 1.76 bits per heavy atom. The van der Waals surface area contributed by atoms with E-state index in [9.17, 15) is 4.39 Å². The summed E-state index contributed by atoms with van der Waals surface area (Å²) in [6.45, 7) is 5.03. The van der Waals surface area contributed by atoms with Crippen LogP contribution in [0.5, 0.6) is 0 Å². The quantitative estimate of drug-likeness (QED) is 0.847. The molecule has 1 N–H and O–H groups in total. The molecule has 1 aliphatic rings. The number of benzene rings is 1. The van der Waals surface area contributed by atoms with Crippen molar-refractivity contribution in [1.29, 1.82) is 0 Å². The lowest BCUT2D eigenvalue weighted by Crippen LogP contribution is -2.47. The predicted molar refractivity (Wildman–Crippen MR) is 97.7 cm³/mol. The van der Waals surface area contributed by atoms with E-state index in [1.54, 1.807) is 6.20 Å². The molecule has 1 fully saturated rings. The summed E-state index contributed by atoms with van der Waals surface area (Å²) in [5, 5.41) is 11.5. The fraction of sp³-hybridized carbons (Fsp3) is 0.471. The minimum Gasteiger partial charge on any atom is -0.368 e. The second-order valence-electron chi connectivity index (χ2n) is 6.32. The number of nitrogens with one attached hydrogen (secondary N) is 1. The van der Waals surface area contributed by atoms with Gasteiger partial charge in [-0.3, -0.25) is 0 Å². The van der Waals surface area contributed by atoms with Gasteiger partial charge in [0.05, 0.1) is 6.20 Å². The van der Waals surface area contributed by atoms with Gasteiger partial charge in [0.15, 0.2) is 5.82 Å². The normalized spacial score (nSPS) is 14.9. The van der Waals surface area contributed by atoms with E-state index in [4.69, 9.17) is 0 Å². The maximum Gasteiger partial charge on any atom is 0.247 e. The first-order chi connectivity index (χ1) is 12.1. The summed E-state index contributed by atoms with van der Waals surface area (Å²) >= 11 is 0. The molecule has 0 spiro atoms. The van der Waals surface area contributed by atoms with Crippen molar-refractivity contribution in [2.45, 2.75) is 0 Å². The van der Waals surface area contributed by atoms with Crippen molar-refractivity contribution < 1.29 is 4.39 Å². The van der Waals surface area contributed by atoms with E-state index in [1.165, 1.54) is 12.1 Å². The van der Waals surface area contributed by atoms with E-state index >= 15 is 0 Å². The van der Waals surface area contributed by atoms with Crippen LogP contribution in [0.2, 0.25) is 0 Å². The monoisotopic (exact) mass is 345 g/mol. The Balaban J connectivity index is 1.56. The summed E-state index contributed by atoms with van der Waals surface area (Å²) in [6.07, 6.45) is 1.65. The lowest BCUT2D eigenvalue weighted by molar-refractivity contribution is 0.425. The summed E-state index contributed by atoms with van der Waals surface area (Å²) in [6, 6.07) is 6.63. The smallest absolute Gasteiger partial charge is 0.247 e. The molecule has 1 saturated heterocycles. The molecule has 0 bridgehead atoms. The van der Waals surface area contributed by atoms with Gasteiger partial charge in [0.25, 0.3) is 0 Å². The predicted octanol–water partition coefficient (Wildman–Crippen LogP) is 1.31. The Kier molecular flexibility index (Phi) is 5.60. The van der Waals surface area contributed by atoms with E-state index in [0.717, 1.165) is 50.8 Å². The summed E-state index contributed by atoms with van der Waals surface area (Å²) in [5.74, 6) is 1.18. The summed E-state index contributed by atoms with van der Waals surface area (Å²) in [7, 11) is 4.07. The second-order valence-corrected chi connectivity index (χ2v) is 6.32. The Labute approximate surface area is 147 Å². The molecule has 2 aromatic rings. The third-order valence-electron chi connectivity index (χ3n) is 4.17. The molecular weight excluding hydrogens is 321 g/mol. The van der Waals surface area contributed by atoms with Crippen LogP contribution in [0.15, 0.2) is 30.5 Å². The zero-order valence-corrected chi connectivity index (χ0v) is 14.7. The van der Waals surface area contributed by atoms with Gasteiger partial charge in [-0.25, -0.2) is 4.39 Å². The van der Waals surface area contributed by atoms with E-state index in [1.807, 2.05) is 26.2 Å². The molecule has 7 nitrogen and oxygen atoms in total. The van der Waals surface area contributed by atoms with Crippen LogP contribution in [0.3, 0.4) is 0 Å². The van der Waals surface area contributed by atoms with Crippen molar-refractivity contribution >= 4 is 17.5 Å². The number of anilines is 3. The first kappa shape index (κ1) is 17.3. The van der Waals surface area contributed by atoms with E-state index in [2.05, 4.69) is 35.2 Å². The van der Waals surface area contributed by atoms with Crippen LogP contribution in [0.25, 0.3) is 0 Å². The van der Waals surface area contributed by atoms with Gasteiger partial charge in [0.2, 0.25) is 5.95 Å². The molecule has 0 atom stereocenters. The van der Waals surface area contributed by atoms with E-state index in [-0.39, 0.29) is 5.82 Å². The molecule has 25 heavy (non-hydrogen) atoms. The lowest BCUT2D eigenvalue weighted by Gasteiger charge is -2.35. The molecule has 0 saturated carbocycles. The number of aromatic nitrogens is 3. The number of nitrogens with zero attached hydrogens (tertiary/aromatic N) is 6. The van der Waals surface area contributed by atoms with Crippen LogP contribution in [0, 0.1) is 5.82 Å². The van der Waals surface area contributed by atoms with Gasteiger partial charge < -0.3 is 20.0 Å². The molecule has 0 unspecified atom stereocenters. The molecule has 3 rings (SSSR count). The molecular formula is C17H24FN7. The highest BCUT2D eigenvalue weighted by molar-refractivity contribution is 5.48. The molecule has 8 heteroatoms. The zero-order chi connectivity index (χ0) is 17.6. The van der Waals surface area contributed by atoms with Crippen molar-refractivity contribution in [2.24, 2.45) is 0 Å². The first-order valence-electron chi connectivity index (χ1n) is 8.45. The topological polar surface area (TPSA) is 60.4 Å². The summed E-state index contributed by atoms with van der Waals surface area (Å²) in [4.78, 5) is 11.0. The van der Waals surface area contributed by atoms with Crippen molar-refractivity contribution in [3.05, 3.63) is 36.3 Å². The maximum atomic E-state index is 13.0. The standard InChI is InChI=1S/C17H24FN7/c1-23(2)8-7-19-16-13-20-22-17(21-16)25-11-9-24(10-12-25)15-5-3-14(18)4-6-15/h3-6,13H,7-12H2,1-2H3,(H,19,21,22). The third-order valence-corrected chi connectivity index (χ3v) is 4.17. The van der Waals surface area contributed by atoms with Crippen molar-refractivity contribution in [3.63, 3.8) is 0 Å². The number of halogens is 1. The molecule has 0 aliphatic carbocycles. The molecule has 1 aromatic carbocycles. The van der Waals surface area contributed by atoms with Gasteiger partial charge in [0.1, 0.15) is 5.82 Å². The molecule has 134 valence electrons. The Morgan fingerprint density at radius 3 is 2.44 bits per heavy atom. The van der Waals surface area contributed by atoms with Crippen LogP contribution in [0.1, 0.15) is 0 Å². The Morgan fingerprint density at radius 1 is 1.08 bits per heavy atom. The zero-order valence-electron chi connectivity index (χ0n) is 14.7. The molecule has 0 radical (unpaired) electrons. The van der Waals surface area contributed by atoms with Gasteiger partial charge >= 0.3 is 0 Å². The van der Waals surface area contributed by atoms with Crippen LogP contribution in [0.4, 0.5) is 21.8 Å². The minimum absolute atomic E-state index is 0.208. The molecule has 1 aromatic heterocycles. The average molecular weight is 345 g/mol. The highest BCUT2D eigenvalue weighted by Gasteiger charge is 2.20. The number of hydrogen-bond donors (Lipinski definition) is 1. The van der Waals surface area contributed by atoms with Gasteiger partial charge in [-0.2, -0.15) is 10.1 Å². The largest absolute Gasteiger partial charge is 0.368 e. The Hall–Kier alpha value is -2.48. The average Bonchev–Trinajstić information content (AvgIpc) is 2.62. The first-order valence-corrected chi connectivity index (χ1v) is 8.45. The minimum atomic E-state index is -0.208. The number of piperazine rings is 1. The highest BCUT2D eigenvalue weighted by atomic mass is 19.1. The van der Waals surface area contributed by atoms with Gasteiger partial charge in [-0.15, -0.1) is 5.10 Å². The molecule has 2 heterocycles. The van der Waals surface area contributed by atoms with Crippen molar-refractivity contribution in [2.75, 3.05) is 68.5 Å². The van der Waals surface area contributed by atoms with Gasteiger partial charge in [-0.1, -0.05) is 0 Å². The molecule has 1 aliphatic heterocycles. The number of hydrogen-bond acceptors (Lipinski definition) is 7. The van der Waals surface area contributed by atoms with Crippen LogP contribution in [-0.2, 0) is 0 Å². The fourth-order valence-corrected chi connectivity index (χ4v) is 2.74. The molecule has 0 amide bonds.